The first-order valence-corrected chi connectivity index (χ1v) is 7.80. The second-order valence-corrected chi connectivity index (χ2v) is 5.29. The number of hydrogen-bond acceptors (Lipinski definition) is 3. The molecule has 132 valence electrons. The molecule has 1 heterocycles. The van der Waals surface area contributed by atoms with Crippen molar-refractivity contribution in [1.29, 1.82) is 0 Å². The molecule has 1 aromatic heterocycles. The van der Waals surface area contributed by atoms with E-state index in [1.165, 1.54) is 12.1 Å². The van der Waals surface area contributed by atoms with Gasteiger partial charge < -0.3 is 14.7 Å². The standard InChI is InChI=1S/C17H23FN4O.HI/c1-4-15-10-16(23-21-15)11-20-17(19-5-2)22(3)12-13-7-6-8-14(18)9-13;/h6-10H,4-5,11-12H2,1-3H3,(H,19,20);1H. The summed E-state index contributed by atoms with van der Waals surface area (Å²) in [7, 11) is 1.92. The molecule has 5 nitrogen and oxygen atoms in total. The van der Waals surface area contributed by atoms with E-state index in [4.69, 9.17) is 4.52 Å². The van der Waals surface area contributed by atoms with Gasteiger partial charge in [-0.05, 0) is 31.0 Å². The molecule has 2 rings (SSSR count). The first kappa shape index (κ1) is 20.4. The number of halogens is 2. The molecule has 0 amide bonds. The summed E-state index contributed by atoms with van der Waals surface area (Å²) in [6.07, 6.45) is 0.840. The van der Waals surface area contributed by atoms with E-state index in [0.29, 0.717) is 13.1 Å². The first-order chi connectivity index (χ1) is 11.1. The topological polar surface area (TPSA) is 53.7 Å². The van der Waals surface area contributed by atoms with Crippen LogP contribution in [0.4, 0.5) is 4.39 Å². The van der Waals surface area contributed by atoms with Gasteiger partial charge >= 0.3 is 0 Å². The monoisotopic (exact) mass is 446 g/mol. The fraction of sp³-hybridized carbons (Fsp3) is 0.412. The highest BCUT2D eigenvalue weighted by Crippen LogP contribution is 2.08. The molecule has 1 aromatic carbocycles. The van der Waals surface area contributed by atoms with Crippen LogP contribution >= 0.6 is 24.0 Å². The molecule has 0 radical (unpaired) electrons. The Kier molecular flexibility index (Phi) is 8.73. The van der Waals surface area contributed by atoms with Crippen molar-refractivity contribution in [2.45, 2.75) is 33.4 Å². The summed E-state index contributed by atoms with van der Waals surface area (Å²) in [5.74, 6) is 1.24. The lowest BCUT2D eigenvalue weighted by atomic mass is 10.2. The smallest absolute Gasteiger partial charge is 0.194 e. The summed E-state index contributed by atoms with van der Waals surface area (Å²) in [4.78, 5) is 6.51. The van der Waals surface area contributed by atoms with Crippen LogP contribution in [0, 0.1) is 5.82 Å². The van der Waals surface area contributed by atoms with E-state index < -0.39 is 0 Å². The van der Waals surface area contributed by atoms with Gasteiger partial charge in [0.2, 0.25) is 0 Å². The van der Waals surface area contributed by atoms with Gasteiger partial charge in [0.25, 0.3) is 0 Å². The van der Waals surface area contributed by atoms with Crippen molar-refractivity contribution in [3.8, 4) is 0 Å². The number of hydrogen-bond donors (Lipinski definition) is 1. The van der Waals surface area contributed by atoms with E-state index in [-0.39, 0.29) is 29.8 Å². The largest absolute Gasteiger partial charge is 0.359 e. The lowest BCUT2D eigenvalue weighted by Gasteiger charge is -2.22. The lowest BCUT2D eigenvalue weighted by Crippen LogP contribution is -2.38. The van der Waals surface area contributed by atoms with Crippen LogP contribution in [0.3, 0.4) is 0 Å². The van der Waals surface area contributed by atoms with E-state index >= 15 is 0 Å². The molecular weight excluding hydrogens is 422 g/mol. The predicted molar refractivity (Wildman–Crippen MR) is 104 cm³/mol. The van der Waals surface area contributed by atoms with E-state index in [9.17, 15) is 4.39 Å². The van der Waals surface area contributed by atoms with Gasteiger partial charge in [-0.2, -0.15) is 0 Å². The van der Waals surface area contributed by atoms with Gasteiger partial charge in [0.15, 0.2) is 11.7 Å². The normalized spacial score (nSPS) is 11.1. The Hall–Kier alpha value is -1.64. The minimum Gasteiger partial charge on any atom is -0.359 e. The van der Waals surface area contributed by atoms with E-state index in [2.05, 4.69) is 15.5 Å². The van der Waals surface area contributed by atoms with Crippen LogP contribution in [0.2, 0.25) is 0 Å². The Morgan fingerprint density at radius 2 is 2.12 bits per heavy atom. The third-order valence-electron chi connectivity index (χ3n) is 3.36. The van der Waals surface area contributed by atoms with Crippen LogP contribution in [0.25, 0.3) is 0 Å². The summed E-state index contributed by atoms with van der Waals surface area (Å²) in [5.41, 5.74) is 1.82. The summed E-state index contributed by atoms with van der Waals surface area (Å²) in [6.45, 7) is 5.78. The fourth-order valence-corrected chi connectivity index (χ4v) is 2.20. The van der Waals surface area contributed by atoms with Gasteiger partial charge in [-0.1, -0.05) is 24.2 Å². The quantitative estimate of drug-likeness (QED) is 0.419. The summed E-state index contributed by atoms with van der Waals surface area (Å²) in [6, 6.07) is 8.50. The van der Waals surface area contributed by atoms with Gasteiger partial charge in [-0.25, -0.2) is 9.38 Å². The Balaban J connectivity index is 0.00000288. The minimum atomic E-state index is -0.230. The summed E-state index contributed by atoms with van der Waals surface area (Å²) < 4.78 is 18.5. The molecular formula is C17H24FIN4O. The van der Waals surface area contributed by atoms with Crippen molar-refractivity contribution in [3.05, 3.63) is 53.2 Å². The molecule has 0 aliphatic heterocycles. The van der Waals surface area contributed by atoms with Crippen LogP contribution in [-0.4, -0.2) is 29.6 Å². The van der Waals surface area contributed by atoms with E-state index in [1.54, 1.807) is 6.07 Å². The average Bonchev–Trinajstić information content (AvgIpc) is 2.99. The van der Waals surface area contributed by atoms with Crippen LogP contribution in [0.1, 0.15) is 30.9 Å². The highest BCUT2D eigenvalue weighted by atomic mass is 127. The number of nitrogens with one attached hydrogen (secondary N) is 1. The Morgan fingerprint density at radius 3 is 2.75 bits per heavy atom. The highest BCUT2D eigenvalue weighted by Gasteiger charge is 2.08. The number of rotatable bonds is 6. The van der Waals surface area contributed by atoms with Crippen molar-refractivity contribution in [2.75, 3.05) is 13.6 Å². The third-order valence-corrected chi connectivity index (χ3v) is 3.36. The summed E-state index contributed by atoms with van der Waals surface area (Å²) >= 11 is 0. The van der Waals surface area contributed by atoms with Gasteiger partial charge in [0, 0.05) is 26.2 Å². The van der Waals surface area contributed by atoms with Gasteiger partial charge in [0.05, 0.1) is 5.69 Å². The van der Waals surface area contributed by atoms with Crippen LogP contribution in [-0.2, 0) is 19.5 Å². The molecule has 0 saturated heterocycles. The van der Waals surface area contributed by atoms with E-state index in [1.807, 2.05) is 37.9 Å². The summed E-state index contributed by atoms with van der Waals surface area (Å²) in [5, 5.41) is 7.19. The maximum Gasteiger partial charge on any atom is 0.194 e. The second kappa shape index (κ2) is 10.3. The number of guanidine groups is 1. The SMILES string of the molecule is CCNC(=NCc1cc(CC)no1)N(C)Cc1cccc(F)c1.I. The number of aliphatic imine (C=N–C) groups is 1. The Morgan fingerprint density at radius 1 is 1.33 bits per heavy atom. The first-order valence-electron chi connectivity index (χ1n) is 7.80. The van der Waals surface area contributed by atoms with Gasteiger partial charge in [-0.15, -0.1) is 24.0 Å². The van der Waals surface area contributed by atoms with Crippen molar-refractivity contribution in [2.24, 2.45) is 4.99 Å². The van der Waals surface area contributed by atoms with Crippen molar-refractivity contribution in [1.82, 2.24) is 15.4 Å². The molecule has 0 spiro atoms. The van der Waals surface area contributed by atoms with Crippen LogP contribution in [0.15, 0.2) is 39.8 Å². The molecule has 2 aromatic rings. The van der Waals surface area contributed by atoms with Crippen molar-refractivity contribution >= 4 is 29.9 Å². The molecule has 1 N–H and O–H groups in total. The number of aryl methyl sites for hydroxylation is 1. The van der Waals surface area contributed by atoms with Gasteiger partial charge in [0.1, 0.15) is 12.4 Å². The number of benzene rings is 1. The maximum atomic E-state index is 13.3. The van der Waals surface area contributed by atoms with Crippen LogP contribution < -0.4 is 5.32 Å². The number of aromatic nitrogens is 1. The molecule has 24 heavy (non-hydrogen) atoms. The molecule has 0 aliphatic carbocycles. The predicted octanol–water partition coefficient (Wildman–Crippen LogP) is 3.59. The third kappa shape index (κ3) is 6.10. The van der Waals surface area contributed by atoms with E-state index in [0.717, 1.165) is 35.9 Å². The molecule has 0 atom stereocenters. The zero-order valence-corrected chi connectivity index (χ0v) is 16.6. The fourth-order valence-electron chi connectivity index (χ4n) is 2.20. The zero-order chi connectivity index (χ0) is 16.7. The molecule has 0 aliphatic rings. The lowest BCUT2D eigenvalue weighted by molar-refractivity contribution is 0.378. The average molecular weight is 446 g/mol. The molecule has 0 unspecified atom stereocenters. The molecule has 0 bridgehead atoms. The molecule has 7 heteroatoms. The molecule has 0 fully saturated rings. The maximum absolute atomic E-state index is 13.3. The van der Waals surface area contributed by atoms with Crippen molar-refractivity contribution in [3.63, 3.8) is 0 Å². The zero-order valence-electron chi connectivity index (χ0n) is 14.3. The van der Waals surface area contributed by atoms with Crippen LogP contribution in [0.5, 0.6) is 0 Å². The Labute approximate surface area is 159 Å². The van der Waals surface area contributed by atoms with Crippen molar-refractivity contribution < 1.29 is 8.91 Å². The minimum absolute atomic E-state index is 0. The molecule has 0 saturated carbocycles. The van der Waals surface area contributed by atoms with Gasteiger partial charge in [-0.3, -0.25) is 0 Å². The second-order valence-electron chi connectivity index (χ2n) is 5.29. The Bertz CT molecular complexity index is 660. The highest BCUT2D eigenvalue weighted by molar-refractivity contribution is 14.0. The number of nitrogens with zero attached hydrogens (tertiary/aromatic N) is 3.